The molecule has 0 unspecified atom stereocenters. The molecule has 1 fully saturated rings. The zero-order chi connectivity index (χ0) is 21.9. The Kier molecular flexibility index (Phi) is 5.93. The molecular weight excluding hydrogens is 413 g/mol. The minimum absolute atomic E-state index is 0.0200. The number of benzene rings is 1. The third-order valence-electron chi connectivity index (χ3n) is 5.65. The van der Waals surface area contributed by atoms with Crippen molar-refractivity contribution in [2.75, 3.05) is 19.8 Å². The molecular formula is C22H23F3N2O4. The number of halogens is 3. The van der Waals surface area contributed by atoms with Gasteiger partial charge in [0.05, 0.1) is 5.41 Å². The molecule has 1 amide bonds. The summed E-state index contributed by atoms with van der Waals surface area (Å²) < 4.78 is 53.6. The van der Waals surface area contributed by atoms with Crippen LogP contribution in [0.1, 0.15) is 36.8 Å². The number of nitrogens with one attached hydrogen (secondary N) is 1. The number of carbonyl (C=O) groups is 1. The van der Waals surface area contributed by atoms with Crippen molar-refractivity contribution in [1.29, 1.82) is 0 Å². The molecule has 31 heavy (non-hydrogen) atoms. The second-order valence-electron chi connectivity index (χ2n) is 7.70. The zero-order valence-electron chi connectivity index (χ0n) is 16.8. The summed E-state index contributed by atoms with van der Waals surface area (Å²) in [5.41, 5.74) is 0.521. The van der Waals surface area contributed by atoms with Crippen molar-refractivity contribution >= 4 is 5.91 Å². The van der Waals surface area contributed by atoms with Gasteiger partial charge < -0.3 is 19.5 Å². The smallest absolute Gasteiger partial charge is 0.422 e. The van der Waals surface area contributed by atoms with E-state index in [2.05, 4.69) is 10.3 Å². The summed E-state index contributed by atoms with van der Waals surface area (Å²) in [6.07, 6.45) is 0.0736. The Bertz CT molecular complexity index is 943. The molecule has 0 saturated heterocycles. The molecule has 0 bridgehead atoms. The lowest BCUT2D eigenvalue weighted by atomic mass is 9.77. The molecule has 1 aromatic carbocycles. The lowest BCUT2D eigenvalue weighted by molar-refractivity contribution is -0.154. The highest BCUT2D eigenvalue weighted by Gasteiger charge is 2.43. The van der Waals surface area contributed by atoms with E-state index in [4.69, 9.17) is 14.2 Å². The number of carbonyl (C=O) groups excluding carboxylic acids is 1. The van der Waals surface area contributed by atoms with E-state index < -0.39 is 18.2 Å². The molecule has 0 atom stereocenters. The largest absolute Gasteiger partial charge is 0.486 e. The Balaban J connectivity index is 1.51. The highest BCUT2D eigenvalue weighted by atomic mass is 19.4. The van der Waals surface area contributed by atoms with Gasteiger partial charge in [0.25, 0.3) is 0 Å². The molecule has 1 aromatic heterocycles. The average Bonchev–Trinajstić information content (AvgIpc) is 3.27. The summed E-state index contributed by atoms with van der Waals surface area (Å²) >= 11 is 0. The van der Waals surface area contributed by atoms with E-state index in [1.165, 1.54) is 6.20 Å². The first kappa shape index (κ1) is 21.3. The summed E-state index contributed by atoms with van der Waals surface area (Å²) in [6, 6.07) is 8.75. The molecule has 4 rings (SSSR count). The first-order valence-electron chi connectivity index (χ1n) is 10.2. The number of pyridine rings is 1. The lowest BCUT2D eigenvalue weighted by Gasteiger charge is -2.30. The van der Waals surface area contributed by atoms with Crippen LogP contribution >= 0.6 is 0 Å². The predicted molar refractivity (Wildman–Crippen MR) is 105 cm³/mol. The summed E-state index contributed by atoms with van der Waals surface area (Å²) in [5.74, 6) is 0.968. The van der Waals surface area contributed by atoms with Crippen LogP contribution in [-0.2, 0) is 16.8 Å². The van der Waals surface area contributed by atoms with E-state index in [1.807, 2.05) is 18.2 Å². The predicted octanol–water partition coefficient (Wildman–Crippen LogP) is 3.92. The van der Waals surface area contributed by atoms with E-state index in [0.29, 0.717) is 43.1 Å². The van der Waals surface area contributed by atoms with Crippen LogP contribution in [0, 0.1) is 0 Å². The molecule has 1 aliphatic heterocycles. The van der Waals surface area contributed by atoms with E-state index in [1.54, 1.807) is 12.1 Å². The molecule has 1 aliphatic carbocycles. The van der Waals surface area contributed by atoms with Crippen LogP contribution in [0.4, 0.5) is 13.2 Å². The van der Waals surface area contributed by atoms with Crippen molar-refractivity contribution < 1.29 is 32.2 Å². The molecule has 1 N–H and O–H groups in total. The fraction of sp³-hybridized carbons (Fsp3) is 0.455. The van der Waals surface area contributed by atoms with Gasteiger partial charge in [0.1, 0.15) is 13.2 Å². The van der Waals surface area contributed by atoms with Crippen LogP contribution < -0.4 is 19.5 Å². The Labute approximate surface area is 177 Å². The molecule has 0 spiro atoms. The summed E-state index contributed by atoms with van der Waals surface area (Å²) in [6.45, 7) is -0.475. The Hall–Kier alpha value is -2.97. The van der Waals surface area contributed by atoms with Crippen molar-refractivity contribution in [2.45, 2.75) is 43.8 Å². The number of rotatable bonds is 6. The molecule has 0 radical (unpaired) electrons. The highest BCUT2D eigenvalue weighted by Crippen LogP contribution is 2.44. The van der Waals surface area contributed by atoms with Crippen molar-refractivity contribution in [1.82, 2.24) is 10.3 Å². The minimum atomic E-state index is -4.47. The maximum absolute atomic E-state index is 13.3. The SMILES string of the molecule is O=C(NCc1cccnc1OCC(F)(F)F)C1(c2ccc3c(c2)OCCO3)CCCC1. The third kappa shape index (κ3) is 4.70. The van der Waals surface area contributed by atoms with Crippen LogP contribution in [0.15, 0.2) is 36.5 Å². The summed E-state index contributed by atoms with van der Waals surface area (Å²) in [5, 5.41) is 2.89. The van der Waals surface area contributed by atoms with Gasteiger partial charge in [0.15, 0.2) is 18.1 Å². The normalized spacial score (nSPS) is 17.3. The number of amides is 1. The molecule has 2 aliphatic rings. The Morgan fingerprint density at radius 3 is 2.61 bits per heavy atom. The fourth-order valence-electron chi connectivity index (χ4n) is 4.15. The van der Waals surface area contributed by atoms with Gasteiger partial charge in [-0.05, 0) is 36.6 Å². The number of fused-ring (bicyclic) bond motifs is 1. The van der Waals surface area contributed by atoms with E-state index >= 15 is 0 Å². The number of alkyl halides is 3. The van der Waals surface area contributed by atoms with Crippen LogP contribution in [0.2, 0.25) is 0 Å². The standard InChI is InChI=1S/C22H23F3N2O4/c23-22(24,25)14-31-19-15(4-3-9-26-19)13-27-20(28)21(7-1-2-8-21)16-5-6-17-18(12-16)30-11-10-29-17/h3-6,9,12H,1-2,7-8,10-11,13-14H2,(H,27,28). The lowest BCUT2D eigenvalue weighted by Crippen LogP contribution is -2.42. The number of hydrogen-bond acceptors (Lipinski definition) is 5. The number of hydrogen-bond donors (Lipinski definition) is 1. The number of nitrogens with zero attached hydrogens (tertiary/aromatic N) is 1. The van der Waals surface area contributed by atoms with Crippen molar-refractivity contribution in [3.63, 3.8) is 0 Å². The summed E-state index contributed by atoms with van der Waals surface area (Å²) in [4.78, 5) is 17.2. The van der Waals surface area contributed by atoms with Crippen molar-refractivity contribution in [3.05, 3.63) is 47.7 Å². The summed E-state index contributed by atoms with van der Waals surface area (Å²) in [7, 11) is 0. The Morgan fingerprint density at radius 2 is 1.87 bits per heavy atom. The molecule has 9 heteroatoms. The van der Waals surface area contributed by atoms with Gasteiger partial charge in [-0.3, -0.25) is 4.79 Å². The molecule has 2 aromatic rings. The third-order valence-corrected chi connectivity index (χ3v) is 5.65. The molecule has 6 nitrogen and oxygen atoms in total. The van der Waals surface area contributed by atoms with E-state index in [-0.39, 0.29) is 18.3 Å². The van der Waals surface area contributed by atoms with Gasteiger partial charge in [-0.2, -0.15) is 13.2 Å². The van der Waals surface area contributed by atoms with Gasteiger partial charge in [-0.15, -0.1) is 0 Å². The molecule has 1 saturated carbocycles. The average molecular weight is 436 g/mol. The zero-order valence-corrected chi connectivity index (χ0v) is 16.8. The quantitative estimate of drug-likeness (QED) is 0.743. The molecule has 2 heterocycles. The van der Waals surface area contributed by atoms with Crippen molar-refractivity contribution in [2.24, 2.45) is 0 Å². The fourth-order valence-corrected chi connectivity index (χ4v) is 4.15. The maximum atomic E-state index is 13.3. The van der Waals surface area contributed by atoms with Gasteiger partial charge in [0.2, 0.25) is 11.8 Å². The maximum Gasteiger partial charge on any atom is 0.422 e. The van der Waals surface area contributed by atoms with Gasteiger partial charge >= 0.3 is 6.18 Å². The van der Waals surface area contributed by atoms with Gasteiger partial charge in [-0.25, -0.2) is 4.98 Å². The van der Waals surface area contributed by atoms with E-state index in [9.17, 15) is 18.0 Å². The van der Waals surface area contributed by atoms with E-state index in [0.717, 1.165) is 18.4 Å². The van der Waals surface area contributed by atoms with Gasteiger partial charge in [0, 0.05) is 18.3 Å². The molecule has 166 valence electrons. The van der Waals surface area contributed by atoms with Crippen LogP contribution in [0.25, 0.3) is 0 Å². The first-order valence-corrected chi connectivity index (χ1v) is 10.2. The van der Waals surface area contributed by atoms with Crippen LogP contribution in [-0.4, -0.2) is 36.9 Å². The topological polar surface area (TPSA) is 69.7 Å². The van der Waals surface area contributed by atoms with Gasteiger partial charge in [-0.1, -0.05) is 25.0 Å². The second-order valence-corrected chi connectivity index (χ2v) is 7.70. The Morgan fingerprint density at radius 1 is 1.13 bits per heavy atom. The minimum Gasteiger partial charge on any atom is -0.486 e. The first-order chi connectivity index (χ1) is 14.9. The van der Waals surface area contributed by atoms with Crippen LogP contribution in [0.5, 0.6) is 17.4 Å². The second kappa shape index (κ2) is 8.64. The van der Waals surface area contributed by atoms with Crippen molar-refractivity contribution in [3.8, 4) is 17.4 Å². The van der Waals surface area contributed by atoms with Crippen LogP contribution in [0.3, 0.4) is 0 Å². The highest BCUT2D eigenvalue weighted by molar-refractivity contribution is 5.88. The number of aromatic nitrogens is 1. The monoisotopic (exact) mass is 436 g/mol. The number of ether oxygens (including phenoxy) is 3.